The van der Waals surface area contributed by atoms with Crippen LogP contribution in [0, 0.1) is 28.6 Å². The topological polar surface area (TPSA) is 44.0 Å². The van der Waals surface area contributed by atoms with Crippen LogP contribution < -0.4 is 0 Å². The van der Waals surface area contributed by atoms with Crippen LogP contribution in [-0.4, -0.2) is 11.2 Å². The van der Waals surface area contributed by atoms with E-state index in [0.29, 0.717) is 12.3 Å². The van der Waals surface area contributed by atoms with Crippen molar-refractivity contribution < 1.29 is 5.11 Å². The highest BCUT2D eigenvalue weighted by Crippen LogP contribution is 2.48. The van der Waals surface area contributed by atoms with Gasteiger partial charge >= 0.3 is 0 Å². The second kappa shape index (κ2) is 4.37. The Morgan fingerprint density at radius 3 is 2.80 bits per heavy atom. The molecule has 1 saturated carbocycles. The maximum absolute atomic E-state index is 9.44. The van der Waals surface area contributed by atoms with Gasteiger partial charge in [0.1, 0.15) is 6.10 Å². The van der Waals surface area contributed by atoms with Gasteiger partial charge in [-0.1, -0.05) is 32.9 Å². The molecule has 1 aliphatic rings. The van der Waals surface area contributed by atoms with E-state index in [1.165, 1.54) is 12.0 Å². The molecule has 2 nitrogen and oxygen atoms in total. The minimum atomic E-state index is -0.851. The first-order valence-electron chi connectivity index (χ1n) is 5.65. The lowest BCUT2D eigenvalue weighted by Crippen LogP contribution is -2.37. The van der Waals surface area contributed by atoms with E-state index in [4.69, 9.17) is 5.26 Å². The van der Waals surface area contributed by atoms with Gasteiger partial charge in [-0.25, -0.2) is 0 Å². The molecule has 15 heavy (non-hydrogen) atoms. The van der Waals surface area contributed by atoms with E-state index < -0.39 is 6.10 Å². The summed E-state index contributed by atoms with van der Waals surface area (Å²) in [4.78, 5) is 0. The summed E-state index contributed by atoms with van der Waals surface area (Å²) in [5.41, 5.74) is 1.35. The number of hydrogen-bond acceptors (Lipinski definition) is 2. The monoisotopic (exact) mass is 207 g/mol. The van der Waals surface area contributed by atoms with Gasteiger partial charge in [-0.15, -0.1) is 0 Å². The van der Waals surface area contributed by atoms with Gasteiger partial charge in [0.15, 0.2) is 0 Å². The molecule has 0 aromatic rings. The van der Waals surface area contributed by atoms with E-state index in [0.717, 1.165) is 6.42 Å². The van der Waals surface area contributed by atoms with Crippen molar-refractivity contribution in [3.8, 4) is 6.07 Å². The second-order valence-corrected chi connectivity index (χ2v) is 5.35. The van der Waals surface area contributed by atoms with Gasteiger partial charge in [0.25, 0.3) is 0 Å². The molecular weight excluding hydrogens is 186 g/mol. The predicted molar refractivity (Wildman–Crippen MR) is 61.0 cm³/mol. The molecule has 0 heterocycles. The number of allylic oxidation sites excluding steroid dienone is 1. The first kappa shape index (κ1) is 12.3. The molecule has 84 valence electrons. The molecule has 1 rings (SSSR count). The SMILES string of the molecule is C=C1CC[C@H](C)C(C)(C)[C@@H]1CC(O)C#N. The summed E-state index contributed by atoms with van der Waals surface area (Å²) in [6, 6.07) is 1.90. The van der Waals surface area contributed by atoms with Crippen molar-refractivity contribution in [2.24, 2.45) is 17.3 Å². The minimum Gasteiger partial charge on any atom is -0.378 e. The van der Waals surface area contributed by atoms with Crippen molar-refractivity contribution in [1.29, 1.82) is 5.26 Å². The molecule has 0 aliphatic heterocycles. The van der Waals surface area contributed by atoms with Crippen LogP contribution in [0.1, 0.15) is 40.0 Å². The summed E-state index contributed by atoms with van der Waals surface area (Å²) in [5.74, 6) is 0.898. The third-order valence-corrected chi connectivity index (χ3v) is 4.17. The lowest BCUT2D eigenvalue weighted by molar-refractivity contribution is 0.0759. The fraction of sp³-hybridized carbons (Fsp3) is 0.769. The van der Waals surface area contributed by atoms with Gasteiger partial charge in [-0.2, -0.15) is 5.26 Å². The molecule has 0 amide bonds. The summed E-state index contributed by atoms with van der Waals surface area (Å²) in [5, 5.41) is 18.1. The minimum absolute atomic E-state index is 0.146. The molecule has 0 aromatic heterocycles. The van der Waals surface area contributed by atoms with Crippen molar-refractivity contribution in [3.63, 3.8) is 0 Å². The molecule has 0 saturated heterocycles. The van der Waals surface area contributed by atoms with E-state index in [1.54, 1.807) is 0 Å². The Balaban J connectivity index is 2.82. The summed E-state index contributed by atoms with van der Waals surface area (Å²) in [7, 11) is 0. The standard InChI is InChI=1S/C13H21NO/c1-9-5-6-10(2)13(3,4)12(9)7-11(15)8-14/h10-12,15H,1,5-7H2,2-4H3/t10-,11?,12+/m0/s1. The molecule has 0 bridgehead atoms. The summed E-state index contributed by atoms with van der Waals surface area (Å²) in [6.07, 6.45) is 1.89. The predicted octanol–water partition coefficient (Wildman–Crippen LogP) is 2.89. The molecule has 2 heteroatoms. The van der Waals surface area contributed by atoms with Crippen LogP contribution in [0.2, 0.25) is 0 Å². The van der Waals surface area contributed by atoms with Gasteiger partial charge in [-0.05, 0) is 36.5 Å². The molecule has 1 fully saturated rings. The van der Waals surface area contributed by atoms with Gasteiger partial charge in [0.05, 0.1) is 6.07 Å². The van der Waals surface area contributed by atoms with Gasteiger partial charge in [0.2, 0.25) is 0 Å². The van der Waals surface area contributed by atoms with Crippen LogP contribution in [0.4, 0.5) is 0 Å². The molecule has 0 spiro atoms. The maximum atomic E-state index is 9.44. The Kier molecular flexibility index (Phi) is 3.57. The molecule has 3 atom stereocenters. The lowest BCUT2D eigenvalue weighted by atomic mass is 9.60. The van der Waals surface area contributed by atoms with Crippen LogP contribution in [0.3, 0.4) is 0 Å². The Morgan fingerprint density at radius 2 is 2.27 bits per heavy atom. The van der Waals surface area contributed by atoms with Gasteiger partial charge in [-0.3, -0.25) is 0 Å². The van der Waals surface area contributed by atoms with Gasteiger partial charge < -0.3 is 5.11 Å². The fourth-order valence-electron chi connectivity index (χ4n) is 2.56. The van der Waals surface area contributed by atoms with Crippen molar-refractivity contribution in [3.05, 3.63) is 12.2 Å². The van der Waals surface area contributed by atoms with Gasteiger partial charge in [0, 0.05) is 0 Å². The van der Waals surface area contributed by atoms with Crippen molar-refractivity contribution in [1.82, 2.24) is 0 Å². The third kappa shape index (κ3) is 2.41. The quantitative estimate of drug-likeness (QED) is 0.559. The van der Waals surface area contributed by atoms with Crippen molar-refractivity contribution in [2.45, 2.75) is 46.1 Å². The summed E-state index contributed by atoms with van der Waals surface area (Å²) in [6.45, 7) is 10.8. The van der Waals surface area contributed by atoms with E-state index in [1.807, 2.05) is 6.07 Å². The Labute approximate surface area is 92.6 Å². The zero-order chi connectivity index (χ0) is 11.6. The van der Waals surface area contributed by atoms with Crippen LogP contribution in [-0.2, 0) is 0 Å². The van der Waals surface area contributed by atoms with Crippen LogP contribution in [0.25, 0.3) is 0 Å². The molecule has 0 aromatic carbocycles. The zero-order valence-corrected chi connectivity index (χ0v) is 9.95. The number of nitriles is 1. The maximum Gasteiger partial charge on any atom is 0.141 e. The Bertz CT molecular complexity index is 287. The number of aliphatic hydroxyl groups excluding tert-OH is 1. The number of aliphatic hydroxyl groups is 1. The summed E-state index contributed by atoms with van der Waals surface area (Å²) >= 11 is 0. The first-order valence-corrected chi connectivity index (χ1v) is 5.65. The highest BCUT2D eigenvalue weighted by atomic mass is 16.3. The Morgan fingerprint density at radius 1 is 1.67 bits per heavy atom. The van der Waals surface area contributed by atoms with Crippen LogP contribution in [0.15, 0.2) is 12.2 Å². The zero-order valence-electron chi connectivity index (χ0n) is 9.95. The van der Waals surface area contributed by atoms with E-state index in [9.17, 15) is 5.11 Å². The fourth-order valence-corrected chi connectivity index (χ4v) is 2.56. The highest BCUT2D eigenvalue weighted by molar-refractivity contribution is 5.12. The van der Waals surface area contributed by atoms with Crippen LogP contribution >= 0.6 is 0 Å². The molecular formula is C13H21NO. The smallest absolute Gasteiger partial charge is 0.141 e. The van der Waals surface area contributed by atoms with Crippen molar-refractivity contribution in [2.75, 3.05) is 0 Å². The second-order valence-electron chi connectivity index (χ2n) is 5.35. The normalized spacial score (nSPS) is 32.1. The third-order valence-electron chi connectivity index (χ3n) is 4.17. The number of rotatable bonds is 2. The summed E-state index contributed by atoms with van der Waals surface area (Å²) < 4.78 is 0. The van der Waals surface area contributed by atoms with E-state index >= 15 is 0 Å². The average molecular weight is 207 g/mol. The molecule has 1 unspecified atom stereocenters. The Hall–Kier alpha value is -0.810. The van der Waals surface area contributed by atoms with E-state index in [-0.39, 0.29) is 11.3 Å². The first-order chi connectivity index (χ1) is 6.89. The highest BCUT2D eigenvalue weighted by Gasteiger charge is 2.40. The molecule has 0 radical (unpaired) electrons. The number of hydrogen-bond donors (Lipinski definition) is 1. The number of nitrogens with zero attached hydrogens (tertiary/aromatic N) is 1. The average Bonchev–Trinajstić information content (AvgIpc) is 2.19. The largest absolute Gasteiger partial charge is 0.378 e. The van der Waals surface area contributed by atoms with Crippen LogP contribution in [0.5, 0.6) is 0 Å². The molecule has 1 aliphatic carbocycles. The molecule has 1 N–H and O–H groups in total. The van der Waals surface area contributed by atoms with E-state index in [2.05, 4.69) is 27.4 Å². The van der Waals surface area contributed by atoms with Crippen molar-refractivity contribution >= 4 is 0 Å². The lowest BCUT2D eigenvalue weighted by Gasteiger charge is -2.45.